The van der Waals surface area contributed by atoms with Gasteiger partial charge in [-0.15, -0.1) is 0 Å². The lowest BCUT2D eigenvalue weighted by atomic mass is 9.87. The molecule has 0 spiro atoms. The second-order valence-electron chi connectivity index (χ2n) is 7.33. The van der Waals surface area contributed by atoms with E-state index in [-0.39, 0.29) is 23.3 Å². The predicted molar refractivity (Wildman–Crippen MR) is 102 cm³/mol. The van der Waals surface area contributed by atoms with Crippen LogP contribution in [0.3, 0.4) is 0 Å². The molecule has 0 saturated carbocycles. The number of nitrogens with one attached hydrogen (secondary N) is 1. The highest BCUT2D eigenvalue weighted by Crippen LogP contribution is 2.29. The first kappa shape index (κ1) is 17.7. The van der Waals surface area contributed by atoms with Crippen LogP contribution in [0, 0.1) is 0 Å². The summed E-state index contributed by atoms with van der Waals surface area (Å²) in [4.78, 5) is 26.5. The molecule has 0 atom stereocenters. The molecule has 5 nitrogen and oxygen atoms in total. The Balaban J connectivity index is 1.78. The van der Waals surface area contributed by atoms with Gasteiger partial charge in [-0.2, -0.15) is 0 Å². The predicted octanol–water partition coefficient (Wildman–Crippen LogP) is 3.78. The van der Waals surface area contributed by atoms with Gasteiger partial charge >= 0.3 is 0 Å². The standard InChI is InChI=1S/C21H22N2O3/c1-21(2,3)14-9-11-16(12-10-14)23-13-17(24)18(20(23)26)19(25)22-15-7-5-4-6-8-15/h4-12,24H,13H2,1-3H3,(H,22,25). The van der Waals surface area contributed by atoms with Crippen LogP contribution in [0.25, 0.3) is 0 Å². The molecule has 0 aliphatic carbocycles. The molecule has 0 radical (unpaired) electrons. The second kappa shape index (κ2) is 6.67. The quantitative estimate of drug-likeness (QED) is 0.828. The van der Waals surface area contributed by atoms with Crippen molar-refractivity contribution in [2.45, 2.75) is 26.2 Å². The molecule has 0 saturated heterocycles. The Morgan fingerprint density at radius 3 is 2.23 bits per heavy atom. The summed E-state index contributed by atoms with van der Waals surface area (Å²) in [5.74, 6) is -1.32. The summed E-state index contributed by atoms with van der Waals surface area (Å²) in [6.45, 7) is 6.33. The minimum atomic E-state index is -0.604. The molecule has 0 aromatic heterocycles. The number of para-hydroxylation sites is 1. The van der Waals surface area contributed by atoms with Gasteiger partial charge in [-0.05, 0) is 35.2 Å². The average molecular weight is 350 g/mol. The number of anilines is 2. The number of hydrogen-bond donors (Lipinski definition) is 2. The van der Waals surface area contributed by atoms with Crippen LogP contribution in [0.1, 0.15) is 26.3 Å². The number of amides is 2. The van der Waals surface area contributed by atoms with Gasteiger partial charge in [0.1, 0.15) is 11.3 Å². The van der Waals surface area contributed by atoms with Crippen molar-refractivity contribution in [3.8, 4) is 0 Å². The third-order valence-corrected chi connectivity index (χ3v) is 4.36. The lowest BCUT2D eigenvalue weighted by Gasteiger charge is -2.21. The molecule has 2 aromatic rings. The van der Waals surface area contributed by atoms with Gasteiger partial charge in [0.2, 0.25) is 0 Å². The lowest BCUT2D eigenvalue weighted by molar-refractivity contribution is -0.119. The van der Waals surface area contributed by atoms with Crippen LogP contribution >= 0.6 is 0 Å². The molecule has 1 heterocycles. The van der Waals surface area contributed by atoms with Gasteiger partial charge in [0.05, 0.1) is 6.54 Å². The van der Waals surface area contributed by atoms with E-state index in [2.05, 4.69) is 26.1 Å². The Labute approximate surface area is 153 Å². The zero-order valence-corrected chi connectivity index (χ0v) is 15.1. The Bertz CT molecular complexity index is 862. The Hall–Kier alpha value is -3.08. The van der Waals surface area contributed by atoms with Crippen LogP contribution < -0.4 is 10.2 Å². The number of carbonyl (C=O) groups is 2. The summed E-state index contributed by atoms with van der Waals surface area (Å²) in [6.07, 6.45) is 0. The Morgan fingerprint density at radius 1 is 1.04 bits per heavy atom. The molecule has 1 aliphatic heterocycles. The van der Waals surface area contributed by atoms with Crippen LogP contribution in [-0.4, -0.2) is 23.5 Å². The minimum Gasteiger partial charge on any atom is -0.509 e. The average Bonchev–Trinajstić information content (AvgIpc) is 2.89. The van der Waals surface area contributed by atoms with Crippen molar-refractivity contribution >= 4 is 23.2 Å². The van der Waals surface area contributed by atoms with Crippen LogP contribution in [0.5, 0.6) is 0 Å². The van der Waals surface area contributed by atoms with E-state index in [4.69, 9.17) is 0 Å². The normalized spacial score (nSPS) is 14.7. The van der Waals surface area contributed by atoms with E-state index in [1.807, 2.05) is 30.3 Å². The Kier molecular flexibility index (Phi) is 4.55. The van der Waals surface area contributed by atoms with E-state index in [1.165, 1.54) is 4.90 Å². The van der Waals surface area contributed by atoms with Crippen LogP contribution in [-0.2, 0) is 15.0 Å². The molecule has 3 rings (SSSR count). The SMILES string of the molecule is CC(C)(C)c1ccc(N2CC(O)=C(C(=O)Nc3ccccc3)C2=O)cc1. The summed E-state index contributed by atoms with van der Waals surface area (Å²) in [5.41, 5.74) is 2.16. The fraction of sp³-hybridized carbons (Fsp3) is 0.238. The van der Waals surface area contributed by atoms with Gasteiger partial charge in [0.25, 0.3) is 11.8 Å². The zero-order valence-electron chi connectivity index (χ0n) is 15.1. The maximum Gasteiger partial charge on any atom is 0.267 e. The molecule has 1 aliphatic rings. The molecule has 0 unspecified atom stereocenters. The number of aliphatic hydroxyl groups excluding tert-OH is 1. The largest absolute Gasteiger partial charge is 0.509 e. The van der Waals surface area contributed by atoms with Gasteiger partial charge in [0.15, 0.2) is 0 Å². The molecule has 134 valence electrons. The summed E-state index contributed by atoms with van der Waals surface area (Å²) >= 11 is 0. The van der Waals surface area contributed by atoms with Gasteiger partial charge in [0, 0.05) is 11.4 Å². The monoisotopic (exact) mass is 350 g/mol. The third-order valence-electron chi connectivity index (χ3n) is 4.36. The van der Waals surface area contributed by atoms with Crippen molar-refractivity contribution < 1.29 is 14.7 Å². The topological polar surface area (TPSA) is 69.6 Å². The van der Waals surface area contributed by atoms with Gasteiger partial charge < -0.3 is 15.3 Å². The van der Waals surface area contributed by atoms with Crippen LogP contribution in [0.4, 0.5) is 11.4 Å². The third kappa shape index (κ3) is 3.47. The number of hydrogen-bond acceptors (Lipinski definition) is 3. The van der Waals surface area contributed by atoms with Crippen LogP contribution in [0.15, 0.2) is 65.9 Å². The molecule has 5 heteroatoms. The number of carbonyl (C=O) groups excluding carboxylic acids is 2. The summed E-state index contributed by atoms with van der Waals surface area (Å²) in [6, 6.07) is 16.4. The van der Waals surface area contributed by atoms with E-state index in [1.54, 1.807) is 24.3 Å². The molecule has 2 amide bonds. The van der Waals surface area contributed by atoms with E-state index in [0.717, 1.165) is 5.56 Å². The van der Waals surface area contributed by atoms with E-state index in [0.29, 0.717) is 11.4 Å². The minimum absolute atomic E-state index is 0.00860. The van der Waals surface area contributed by atoms with Crippen molar-refractivity contribution in [1.82, 2.24) is 0 Å². The van der Waals surface area contributed by atoms with Crippen molar-refractivity contribution in [2.24, 2.45) is 0 Å². The smallest absolute Gasteiger partial charge is 0.267 e. The highest BCUT2D eigenvalue weighted by Gasteiger charge is 2.36. The summed E-state index contributed by atoms with van der Waals surface area (Å²) in [7, 11) is 0. The molecule has 2 N–H and O–H groups in total. The fourth-order valence-corrected chi connectivity index (χ4v) is 2.85. The highest BCUT2D eigenvalue weighted by molar-refractivity contribution is 6.29. The van der Waals surface area contributed by atoms with Gasteiger partial charge in [-0.1, -0.05) is 51.1 Å². The van der Waals surface area contributed by atoms with E-state index < -0.39 is 11.8 Å². The molecular weight excluding hydrogens is 328 g/mol. The van der Waals surface area contributed by atoms with E-state index >= 15 is 0 Å². The number of aliphatic hydroxyl groups is 1. The Morgan fingerprint density at radius 2 is 1.65 bits per heavy atom. The molecular formula is C21H22N2O3. The van der Waals surface area contributed by atoms with E-state index in [9.17, 15) is 14.7 Å². The number of benzene rings is 2. The maximum absolute atomic E-state index is 12.7. The first-order chi connectivity index (χ1) is 12.3. The fourth-order valence-electron chi connectivity index (χ4n) is 2.85. The first-order valence-electron chi connectivity index (χ1n) is 8.48. The zero-order chi connectivity index (χ0) is 18.9. The molecule has 2 aromatic carbocycles. The van der Waals surface area contributed by atoms with Gasteiger partial charge in [-0.3, -0.25) is 9.59 Å². The van der Waals surface area contributed by atoms with Crippen molar-refractivity contribution in [1.29, 1.82) is 0 Å². The van der Waals surface area contributed by atoms with Crippen molar-refractivity contribution in [3.63, 3.8) is 0 Å². The maximum atomic E-state index is 12.7. The van der Waals surface area contributed by atoms with Crippen molar-refractivity contribution in [3.05, 3.63) is 71.5 Å². The lowest BCUT2D eigenvalue weighted by Crippen LogP contribution is -2.30. The summed E-state index contributed by atoms with van der Waals surface area (Å²) < 4.78 is 0. The highest BCUT2D eigenvalue weighted by atomic mass is 16.3. The number of nitrogens with zero attached hydrogens (tertiary/aromatic N) is 1. The summed E-state index contributed by atoms with van der Waals surface area (Å²) in [5, 5.41) is 12.8. The second-order valence-corrected chi connectivity index (χ2v) is 7.33. The van der Waals surface area contributed by atoms with Crippen molar-refractivity contribution in [2.75, 3.05) is 16.8 Å². The molecule has 0 fully saturated rings. The van der Waals surface area contributed by atoms with Crippen LogP contribution in [0.2, 0.25) is 0 Å². The first-order valence-corrected chi connectivity index (χ1v) is 8.48. The molecule has 26 heavy (non-hydrogen) atoms. The number of rotatable bonds is 3. The van der Waals surface area contributed by atoms with Gasteiger partial charge in [-0.25, -0.2) is 0 Å². The molecule has 0 bridgehead atoms.